The molecule has 0 aliphatic rings. The minimum Gasteiger partial charge on any atom is -0.722 e. The zero-order valence-electron chi connectivity index (χ0n) is 10.5. The molecule has 0 aliphatic heterocycles. The zero-order valence-corrected chi connectivity index (χ0v) is 16.8. The van der Waals surface area contributed by atoms with Gasteiger partial charge in [0, 0.05) is 0 Å². The molecule has 0 N–H and O–H groups in total. The molecule has 26 heavy (non-hydrogen) atoms. The maximum Gasteiger partial charge on any atom is 5.00 e. The molecular formula is F5NbO15S5. The Balaban J connectivity index is -0.0000000476. The van der Waals surface area contributed by atoms with Crippen molar-refractivity contribution in [1.29, 1.82) is 0 Å². The van der Waals surface area contributed by atoms with Gasteiger partial charge in [0.2, 0.25) is 0 Å². The van der Waals surface area contributed by atoms with Crippen molar-refractivity contribution in [2.45, 2.75) is 0 Å². The second kappa shape index (κ2) is 15.9. The second-order valence-corrected chi connectivity index (χ2v) is 5.90. The van der Waals surface area contributed by atoms with Gasteiger partial charge in [-0.3, -0.25) is 0 Å². The first-order valence-electron chi connectivity index (χ1n) is 3.27. The summed E-state index contributed by atoms with van der Waals surface area (Å²) < 4.78 is 177. The normalized spacial score (nSPS) is 11.2. The fraction of sp³-hybridized carbons (Fsp3) is 0. The van der Waals surface area contributed by atoms with Crippen molar-refractivity contribution in [2.24, 2.45) is 0 Å². The van der Waals surface area contributed by atoms with Crippen molar-refractivity contribution in [3.63, 3.8) is 0 Å². The standard InChI is InChI=1S/5FHO3S.Nb/c5*1-5(2,3)4;/h5*(H,2,3,4);/q;;;;;+5/p-5. The number of hydrogen-bond acceptors (Lipinski definition) is 15. The predicted molar refractivity (Wildman–Crippen MR) is 54.0 cm³/mol. The van der Waals surface area contributed by atoms with E-state index in [0.717, 1.165) is 0 Å². The summed E-state index contributed by atoms with van der Waals surface area (Å²) in [6.45, 7) is 0. The van der Waals surface area contributed by atoms with Crippen LogP contribution in [-0.4, -0.2) is 64.9 Å². The first kappa shape index (κ1) is 40.6. The van der Waals surface area contributed by atoms with Crippen LogP contribution in [0.15, 0.2) is 0 Å². The molecule has 0 heterocycles. The third-order valence-corrected chi connectivity index (χ3v) is 0. The molecule has 0 aromatic rings. The monoisotopic (exact) mass is 588 g/mol. The van der Waals surface area contributed by atoms with Gasteiger partial charge in [-0.1, -0.05) is 0 Å². The van der Waals surface area contributed by atoms with Crippen LogP contribution in [0.1, 0.15) is 0 Å². The van der Waals surface area contributed by atoms with Gasteiger partial charge in [0.05, 0.1) is 0 Å². The van der Waals surface area contributed by atoms with Crippen molar-refractivity contribution >= 4 is 52.5 Å². The van der Waals surface area contributed by atoms with Gasteiger partial charge >= 0.3 is 22.4 Å². The molecule has 0 radical (unpaired) electrons. The molecule has 0 spiro atoms. The van der Waals surface area contributed by atoms with E-state index in [-0.39, 0.29) is 22.4 Å². The van der Waals surface area contributed by atoms with Gasteiger partial charge in [-0.05, 0) is 0 Å². The summed E-state index contributed by atoms with van der Waals surface area (Å²) >= 11 is 0. The van der Waals surface area contributed by atoms with Crippen LogP contribution < -0.4 is 0 Å². The zero-order chi connectivity index (χ0) is 22.5. The molecule has 0 atom stereocenters. The fourth-order valence-corrected chi connectivity index (χ4v) is 0. The first-order chi connectivity index (χ1) is 10.0. The Morgan fingerprint density at radius 3 is 0.346 bits per heavy atom. The summed E-state index contributed by atoms with van der Waals surface area (Å²) in [7, 11) is -27.1. The van der Waals surface area contributed by atoms with E-state index in [4.69, 9.17) is 64.9 Å². The van der Waals surface area contributed by atoms with Gasteiger partial charge in [0.15, 0.2) is 0 Å². The maximum absolute atomic E-state index is 10.1. The Morgan fingerprint density at radius 1 is 0.346 bits per heavy atom. The van der Waals surface area contributed by atoms with Crippen molar-refractivity contribution in [3.8, 4) is 0 Å². The molecule has 160 valence electrons. The van der Waals surface area contributed by atoms with E-state index < -0.39 is 52.5 Å². The van der Waals surface area contributed by atoms with Gasteiger partial charge in [-0.2, -0.15) is 0 Å². The molecule has 0 rings (SSSR count). The Morgan fingerprint density at radius 2 is 0.346 bits per heavy atom. The molecule has 0 saturated carbocycles. The van der Waals surface area contributed by atoms with Crippen LogP contribution in [0.2, 0.25) is 0 Å². The minimum atomic E-state index is -5.42. The summed E-state index contributed by atoms with van der Waals surface area (Å²) in [5, 5.41) is 0. The molecule has 0 saturated heterocycles. The van der Waals surface area contributed by atoms with Crippen LogP contribution in [0.5, 0.6) is 0 Å². The summed E-state index contributed by atoms with van der Waals surface area (Å²) in [5.41, 5.74) is 0. The number of hydrogen-bond donors (Lipinski definition) is 0. The van der Waals surface area contributed by atoms with Crippen LogP contribution in [0.25, 0.3) is 0 Å². The molecule has 0 bridgehead atoms. The molecule has 15 nitrogen and oxygen atoms in total. The van der Waals surface area contributed by atoms with E-state index in [1.807, 2.05) is 0 Å². The summed E-state index contributed by atoms with van der Waals surface area (Å²) in [6.07, 6.45) is 0. The smallest absolute Gasteiger partial charge is 0.722 e. The number of rotatable bonds is 0. The topological polar surface area (TPSA) is 286 Å². The van der Waals surface area contributed by atoms with Crippen LogP contribution >= 0.6 is 0 Å². The van der Waals surface area contributed by atoms with E-state index in [1.54, 1.807) is 0 Å². The average molecular weight is 588 g/mol. The quantitative estimate of drug-likeness (QED) is 0.118. The molecular weight excluding hydrogens is 588 g/mol. The minimum absolute atomic E-state index is 0. The molecule has 0 fully saturated rings. The van der Waals surface area contributed by atoms with Crippen molar-refractivity contribution in [2.75, 3.05) is 0 Å². The molecule has 0 unspecified atom stereocenters. The maximum atomic E-state index is 10.1. The van der Waals surface area contributed by atoms with E-state index in [9.17, 15) is 19.4 Å². The SMILES string of the molecule is O=S(=O)([O-])F.O=S(=O)([O-])F.O=S(=O)([O-])F.O=S(=O)([O-])F.O=S(=O)([O-])F.[Nb+5]. The Hall–Kier alpha value is -0.0597. The van der Waals surface area contributed by atoms with E-state index in [0.29, 0.717) is 0 Å². The fourth-order valence-electron chi connectivity index (χ4n) is 0. The van der Waals surface area contributed by atoms with Crippen LogP contribution in [0, 0.1) is 0 Å². The van der Waals surface area contributed by atoms with E-state index in [2.05, 4.69) is 0 Å². The van der Waals surface area contributed by atoms with Gasteiger partial charge in [0.25, 0.3) is 52.5 Å². The number of halogens is 5. The molecule has 0 aliphatic carbocycles. The average Bonchev–Trinajstić information content (AvgIpc) is 1.79. The summed E-state index contributed by atoms with van der Waals surface area (Å²) in [6, 6.07) is 0. The van der Waals surface area contributed by atoms with E-state index in [1.165, 1.54) is 0 Å². The molecule has 0 amide bonds. The van der Waals surface area contributed by atoms with Crippen molar-refractivity contribution in [1.82, 2.24) is 0 Å². The molecule has 0 aromatic heterocycles. The Bertz CT molecular complexity index is 631. The van der Waals surface area contributed by atoms with Crippen molar-refractivity contribution in [3.05, 3.63) is 0 Å². The Labute approximate surface area is 158 Å². The third kappa shape index (κ3) is 3530000. The summed E-state index contributed by atoms with van der Waals surface area (Å²) in [5.74, 6) is 0. The third-order valence-electron chi connectivity index (χ3n) is 0. The van der Waals surface area contributed by atoms with Crippen molar-refractivity contribution < 1.29 is 107 Å². The van der Waals surface area contributed by atoms with Gasteiger partial charge in [-0.25, -0.2) is 42.1 Å². The van der Waals surface area contributed by atoms with Crippen LogP contribution in [-0.2, 0) is 74.9 Å². The van der Waals surface area contributed by atoms with Crippen LogP contribution in [0.3, 0.4) is 0 Å². The van der Waals surface area contributed by atoms with E-state index >= 15 is 0 Å². The molecule has 26 heteroatoms. The second-order valence-electron chi connectivity index (χ2n) is 1.97. The van der Waals surface area contributed by atoms with Gasteiger partial charge in [0.1, 0.15) is 0 Å². The Kier molecular flexibility index (Phi) is 24.9. The first-order valence-corrected chi connectivity index (χ1v) is 9.81. The van der Waals surface area contributed by atoms with Gasteiger partial charge in [-0.15, -0.1) is 19.4 Å². The predicted octanol–water partition coefficient (Wildman–Crippen LogP) is -2.92. The van der Waals surface area contributed by atoms with Gasteiger partial charge < -0.3 is 22.8 Å². The largest absolute Gasteiger partial charge is 5.00 e. The molecule has 0 aromatic carbocycles. The van der Waals surface area contributed by atoms with Crippen LogP contribution in [0.4, 0.5) is 19.4 Å². The summed E-state index contributed by atoms with van der Waals surface area (Å²) in [4.78, 5) is 0.